The van der Waals surface area contributed by atoms with Gasteiger partial charge in [0.25, 0.3) is 0 Å². The number of aromatic nitrogens is 2. The Labute approximate surface area is 60.4 Å². The van der Waals surface area contributed by atoms with Crippen molar-refractivity contribution >= 4 is 12.8 Å². The molecule has 2 nitrogen and oxygen atoms in total. The summed E-state index contributed by atoms with van der Waals surface area (Å²) in [6, 6.07) is 0. The molecule has 0 aromatic carbocycles. The number of hydrogen-bond acceptors (Lipinski definition) is 2. The van der Waals surface area contributed by atoms with Crippen molar-refractivity contribution in [3.05, 3.63) is 17.0 Å². The Morgan fingerprint density at radius 3 is 2.00 bits per heavy atom. The summed E-state index contributed by atoms with van der Waals surface area (Å²) in [5.41, 5.74) is 3.41. The smallest absolute Gasteiger partial charge is 0.0636 e. The third-order valence-electron chi connectivity index (χ3n) is 1.63. The third kappa shape index (κ3) is 0.965. The second-order valence-corrected chi connectivity index (χ2v) is 2.56. The summed E-state index contributed by atoms with van der Waals surface area (Å²) in [5.74, 6) is 0. The molecule has 1 aromatic heterocycles. The summed E-state index contributed by atoms with van der Waals surface area (Å²) in [7, 11) is 0. The summed E-state index contributed by atoms with van der Waals surface area (Å²) in [5, 5.41) is 4.09. The minimum absolute atomic E-state index is 1.06. The highest BCUT2D eigenvalue weighted by Gasteiger charge is 2.02. The minimum atomic E-state index is 1.06. The highest BCUT2D eigenvalue weighted by Crippen LogP contribution is 2.10. The molecule has 0 amide bonds. The summed E-state index contributed by atoms with van der Waals surface area (Å²) in [4.78, 5) is 0. The van der Waals surface area contributed by atoms with Crippen LogP contribution in [0.15, 0.2) is 0 Å². The fraction of sp³-hybridized carbons (Fsp3) is 0.500. The van der Waals surface area contributed by atoms with Crippen LogP contribution in [-0.4, -0.2) is 9.19 Å². The minimum Gasteiger partial charge on any atom is -0.214 e. The van der Waals surface area contributed by atoms with Crippen molar-refractivity contribution in [3.63, 3.8) is 0 Å². The predicted molar refractivity (Wildman–Crippen MR) is 40.8 cm³/mol. The van der Waals surface area contributed by atoms with Gasteiger partial charge in [0.15, 0.2) is 0 Å². The summed E-state index contributed by atoms with van der Waals surface area (Å²) in [6.45, 7) is 6.03. The molecule has 1 aromatic rings. The van der Waals surface area contributed by atoms with Gasteiger partial charge in [-0.25, -0.2) is 4.09 Å². The van der Waals surface area contributed by atoms with Gasteiger partial charge in [-0.15, -0.1) is 0 Å². The lowest BCUT2D eigenvalue weighted by Gasteiger charge is -1.89. The highest BCUT2D eigenvalue weighted by molar-refractivity contribution is 7.78. The van der Waals surface area contributed by atoms with Crippen molar-refractivity contribution in [1.82, 2.24) is 9.19 Å². The number of rotatable bonds is 0. The van der Waals surface area contributed by atoms with Gasteiger partial charge >= 0.3 is 0 Å². The van der Waals surface area contributed by atoms with Crippen LogP contribution < -0.4 is 0 Å². The lowest BCUT2D eigenvalue weighted by atomic mass is 10.2. The zero-order chi connectivity index (χ0) is 7.02. The van der Waals surface area contributed by atoms with Gasteiger partial charge in [-0.1, -0.05) is 0 Å². The molecule has 1 rings (SSSR count). The van der Waals surface area contributed by atoms with Crippen LogP contribution in [0.4, 0.5) is 0 Å². The molecule has 0 aliphatic heterocycles. The largest absolute Gasteiger partial charge is 0.214 e. The second kappa shape index (κ2) is 2.06. The van der Waals surface area contributed by atoms with Crippen molar-refractivity contribution in [2.75, 3.05) is 0 Å². The van der Waals surface area contributed by atoms with Crippen LogP contribution in [0.5, 0.6) is 0 Å². The van der Waals surface area contributed by atoms with E-state index in [1.807, 2.05) is 20.8 Å². The van der Waals surface area contributed by atoms with Crippen molar-refractivity contribution in [3.8, 4) is 0 Å². The van der Waals surface area contributed by atoms with E-state index in [1.54, 1.807) is 4.09 Å². The molecule has 0 N–H and O–H groups in total. The van der Waals surface area contributed by atoms with E-state index in [1.165, 1.54) is 5.56 Å². The molecular weight excluding hydrogens is 132 g/mol. The quantitative estimate of drug-likeness (QED) is 0.543. The summed E-state index contributed by atoms with van der Waals surface area (Å²) >= 11 is 4.09. The molecule has 9 heavy (non-hydrogen) atoms. The van der Waals surface area contributed by atoms with Gasteiger partial charge in [0.2, 0.25) is 0 Å². The fourth-order valence-electron chi connectivity index (χ4n) is 0.704. The Kier molecular flexibility index (Phi) is 1.53. The van der Waals surface area contributed by atoms with Gasteiger partial charge in [-0.3, -0.25) is 0 Å². The van der Waals surface area contributed by atoms with Gasteiger partial charge in [-0.2, -0.15) is 5.10 Å². The lowest BCUT2D eigenvalue weighted by molar-refractivity contribution is 0.955. The zero-order valence-electron chi connectivity index (χ0n) is 5.84. The van der Waals surface area contributed by atoms with Gasteiger partial charge in [0.1, 0.15) is 0 Å². The Balaban J connectivity index is 3.29. The number of aryl methyl sites for hydroxylation is 1. The summed E-state index contributed by atoms with van der Waals surface area (Å²) < 4.78 is 1.60. The average Bonchev–Trinajstić information content (AvgIpc) is 1.98. The maximum atomic E-state index is 4.09. The molecule has 0 saturated carbocycles. The van der Waals surface area contributed by atoms with Crippen LogP contribution in [0.2, 0.25) is 0 Å². The van der Waals surface area contributed by atoms with E-state index in [0.717, 1.165) is 11.4 Å². The van der Waals surface area contributed by atoms with E-state index in [2.05, 4.69) is 17.9 Å². The monoisotopic (exact) mass is 142 g/mol. The number of thiol groups is 1. The molecule has 50 valence electrons. The van der Waals surface area contributed by atoms with Crippen LogP contribution in [0.25, 0.3) is 0 Å². The molecule has 0 unspecified atom stereocenters. The molecule has 0 atom stereocenters. The van der Waals surface area contributed by atoms with Gasteiger partial charge < -0.3 is 0 Å². The Morgan fingerprint density at radius 2 is 1.89 bits per heavy atom. The number of nitrogens with zero attached hydrogens (tertiary/aromatic N) is 2. The first-order chi connectivity index (χ1) is 4.13. The van der Waals surface area contributed by atoms with E-state index < -0.39 is 0 Å². The van der Waals surface area contributed by atoms with Crippen molar-refractivity contribution in [1.29, 1.82) is 0 Å². The second-order valence-electron chi connectivity index (χ2n) is 2.19. The first-order valence-electron chi connectivity index (χ1n) is 2.85. The number of hydrogen-bond donors (Lipinski definition) is 1. The van der Waals surface area contributed by atoms with E-state index in [4.69, 9.17) is 0 Å². The van der Waals surface area contributed by atoms with Crippen molar-refractivity contribution in [2.45, 2.75) is 20.8 Å². The standard InChI is InChI=1S/C6H10N2S/c1-4-5(2)7-8(9)6(4)3/h9H,1-3H3. The first kappa shape index (κ1) is 6.68. The molecule has 1 heterocycles. The van der Waals surface area contributed by atoms with Crippen LogP contribution in [0.1, 0.15) is 17.0 Å². The maximum absolute atomic E-state index is 4.09. The molecule has 0 spiro atoms. The van der Waals surface area contributed by atoms with E-state index in [-0.39, 0.29) is 0 Å². The highest BCUT2D eigenvalue weighted by atomic mass is 32.1. The Hall–Kier alpha value is -0.440. The predicted octanol–water partition coefficient (Wildman–Crippen LogP) is 1.50. The molecule has 3 heteroatoms. The fourth-order valence-corrected chi connectivity index (χ4v) is 0.988. The molecule has 0 fully saturated rings. The van der Waals surface area contributed by atoms with Crippen LogP contribution in [-0.2, 0) is 0 Å². The molecule has 0 aliphatic carbocycles. The maximum Gasteiger partial charge on any atom is 0.0636 e. The van der Waals surface area contributed by atoms with Gasteiger partial charge in [0.05, 0.1) is 11.4 Å². The topological polar surface area (TPSA) is 17.8 Å². The molecule has 0 bridgehead atoms. The Morgan fingerprint density at radius 1 is 1.33 bits per heavy atom. The van der Waals surface area contributed by atoms with Crippen LogP contribution in [0.3, 0.4) is 0 Å². The Bertz CT molecular complexity index is 205. The zero-order valence-corrected chi connectivity index (χ0v) is 6.74. The van der Waals surface area contributed by atoms with Crippen molar-refractivity contribution in [2.24, 2.45) is 0 Å². The first-order valence-corrected chi connectivity index (χ1v) is 3.25. The molecule has 0 saturated heterocycles. The SMILES string of the molecule is Cc1nn(S)c(C)c1C. The lowest BCUT2D eigenvalue weighted by Crippen LogP contribution is -1.84. The van der Waals surface area contributed by atoms with Gasteiger partial charge in [-0.05, 0) is 39.1 Å². The van der Waals surface area contributed by atoms with E-state index in [0.29, 0.717) is 0 Å². The average molecular weight is 142 g/mol. The van der Waals surface area contributed by atoms with E-state index >= 15 is 0 Å². The van der Waals surface area contributed by atoms with Crippen LogP contribution in [0, 0.1) is 20.8 Å². The molecule has 0 radical (unpaired) electrons. The van der Waals surface area contributed by atoms with Gasteiger partial charge in [0, 0.05) is 0 Å². The molecular formula is C6H10N2S. The normalized spacial score (nSPS) is 10.2. The van der Waals surface area contributed by atoms with Crippen molar-refractivity contribution < 1.29 is 0 Å². The molecule has 0 aliphatic rings. The third-order valence-corrected chi connectivity index (χ3v) is 2.02. The summed E-state index contributed by atoms with van der Waals surface area (Å²) in [6.07, 6.45) is 0. The van der Waals surface area contributed by atoms with E-state index in [9.17, 15) is 0 Å². The van der Waals surface area contributed by atoms with Crippen LogP contribution >= 0.6 is 12.8 Å².